The highest BCUT2D eigenvalue weighted by molar-refractivity contribution is 5.90. The number of likely N-dealkylation sites (tertiary alicyclic amines) is 1. The van der Waals surface area contributed by atoms with Gasteiger partial charge in [0.1, 0.15) is 18.0 Å². The van der Waals surface area contributed by atoms with Crippen LogP contribution >= 0.6 is 0 Å². The summed E-state index contributed by atoms with van der Waals surface area (Å²) in [5, 5.41) is 24.3. The van der Waals surface area contributed by atoms with Crippen LogP contribution in [0.5, 0.6) is 0 Å². The molecule has 31 heavy (non-hydrogen) atoms. The molecule has 1 saturated heterocycles. The lowest BCUT2D eigenvalue weighted by Crippen LogP contribution is -2.59. The second-order valence-electron chi connectivity index (χ2n) is 6.36. The fourth-order valence-electron chi connectivity index (χ4n) is 2.92. The number of ether oxygens (including phenoxy) is 2. The van der Waals surface area contributed by atoms with E-state index < -0.39 is 5.54 Å². The second kappa shape index (κ2) is 15.6. The number of hydrogen-bond donors (Lipinski definition) is 4. The van der Waals surface area contributed by atoms with Gasteiger partial charge in [-0.05, 0) is 12.8 Å². The van der Waals surface area contributed by atoms with Gasteiger partial charge in [-0.15, -0.1) is 0 Å². The van der Waals surface area contributed by atoms with Crippen LogP contribution in [0, 0.1) is 0 Å². The summed E-state index contributed by atoms with van der Waals surface area (Å²) < 4.78 is 11.6. The molecule has 2 rings (SSSR count). The van der Waals surface area contributed by atoms with E-state index in [1.54, 1.807) is 16.7 Å². The molecule has 13 nitrogen and oxygen atoms in total. The maximum Gasteiger partial charge on any atom is 0.290 e. The molecule has 0 spiro atoms. The molecule has 0 saturated carbocycles. The second-order valence-corrected chi connectivity index (χ2v) is 6.36. The molecular weight excluding hydrogens is 414 g/mol. The maximum atomic E-state index is 12.8. The maximum absolute atomic E-state index is 12.8. The Hall–Kier alpha value is -3.19. The number of rotatable bonds is 8. The summed E-state index contributed by atoms with van der Waals surface area (Å²) in [5.74, 6) is 0.476. The number of methoxy groups -OCH3 is 2. The summed E-state index contributed by atoms with van der Waals surface area (Å²) in [6, 6.07) is 1.83. The van der Waals surface area contributed by atoms with Crippen LogP contribution in [0.25, 0.3) is 0 Å². The molecule has 1 aliphatic rings. The Morgan fingerprint density at radius 2 is 1.77 bits per heavy atom. The molecular formula is C18H31N5O8. The van der Waals surface area contributed by atoms with Gasteiger partial charge in [0.15, 0.2) is 0 Å². The third-order valence-corrected chi connectivity index (χ3v) is 4.34. The van der Waals surface area contributed by atoms with Gasteiger partial charge in [0, 0.05) is 53.2 Å². The first-order valence-corrected chi connectivity index (χ1v) is 9.31. The topological polar surface area (TPSA) is 172 Å². The van der Waals surface area contributed by atoms with Crippen LogP contribution in [-0.2, 0) is 35.7 Å². The van der Waals surface area contributed by atoms with Crippen molar-refractivity contribution in [3.63, 3.8) is 0 Å². The lowest BCUT2D eigenvalue weighted by molar-refractivity contribution is -0.139. The number of amides is 2. The first-order valence-electron chi connectivity index (χ1n) is 9.31. The molecule has 13 heteroatoms. The van der Waals surface area contributed by atoms with Gasteiger partial charge in [-0.25, -0.2) is 0 Å². The lowest BCUT2D eigenvalue weighted by Gasteiger charge is -2.41. The van der Waals surface area contributed by atoms with Crippen LogP contribution in [0.4, 0.5) is 5.82 Å². The number of piperidine rings is 1. The SMILES string of the molecule is COCCNC(=O)C1(Nc2ccn(C)n2)CCN(C(=O)COC)CC1.O=CO.O=CO. The Kier molecular flexibility index (Phi) is 14.0. The molecule has 4 N–H and O–H groups in total. The van der Waals surface area contributed by atoms with Gasteiger partial charge in [0.2, 0.25) is 11.8 Å². The fraction of sp³-hybridized carbons (Fsp3) is 0.611. The predicted octanol–water partition coefficient (Wildman–Crippen LogP) is -0.996. The number of nitrogens with one attached hydrogen (secondary N) is 2. The molecule has 0 bridgehead atoms. The summed E-state index contributed by atoms with van der Waals surface area (Å²) in [6.07, 6.45) is 2.81. The number of nitrogens with zero attached hydrogens (tertiary/aromatic N) is 3. The lowest BCUT2D eigenvalue weighted by atomic mass is 9.86. The van der Waals surface area contributed by atoms with E-state index in [0.29, 0.717) is 44.9 Å². The Morgan fingerprint density at radius 3 is 2.23 bits per heavy atom. The number of anilines is 1. The Bertz CT molecular complexity index is 668. The van der Waals surface area contributed by atoms with E-state index in [4.69, 9.17) is 29.3 Å². The molecule has 1 aliphatic heterocycles. The molecule has 1 aromatic heterocycles. The van der Waals surface area contributed by atoms with Gasteiger partial charge < -0.3 is 35.2 Å². The quantitative estimate of drug-likeness (QED) is 0.287. The van der Waals surface area contributed by atoms with Crippen molar-refractivity contribution in [2.45, 2.75) is 18.4 Å². The van der Waals surface area contributed by atoms with E-state index in [2.05, 4.69) is 15.7 Å². The first kappa shape index (κ1) is 27.8. The summed E-state index contributed by atoms with van der Waals surface area (Å²) in [5.41, 5.74) is -0.800. The van der Waals surface area contributed by atoms with Crippen LogP contribution in [0.3, 0.4) is 0 Å². The highest BCUT2D eigenvalue weighted by Gasteiger charge is 2.42. The number of hydrogen-bond acceptors (Lipinski definition) is 8. The van der Waals surface area contributed by atoms with Crippen molar-refractivity contribution in [1.29, 1.82) is 0 Å². The van der Waals surface area contributed by atoms with Crippen LogP contribution in [-0.4, -0.2) is 102 Å². The molecule has 1 fully saturated rings. The van der Waals surface area contributed by atoms with Gasteiger partial charge >= 0.3 is 0 Å². The normalized spacial score (nSPS) is 14.1. The Balaban J connectivity index is 0.00000134. The van der Waals surface area contributed by atoms with Crippen molar-refractivity contribution in [1.82, 2.24) is 20.0 Å². The molecule has 2 heterocycles. The Morgan fingerprint density at radius 1 is 1.19 bits per heavy atom. The first-order chi connectivity index (χ1) is 14.8. The Labute approximate surface area is 180 Å². The molecule has 0 aliphatic carbocycles. The minimum atomic E-state index is -0.800. The van der Waals surface area contributed by atoms with E-state index in [1.165, 1.54) is 7.11 Å². The van der Waals surface area contributed by atoms with Crippen LogP contribution in [0.15, 0.2) is 12.3 Å². The molecule has 1 aromatic rings. The van der Waals surface area contributed by atoms with Crippen molar-refractivity contribution in [3.8, 4) is 0 Å². The third-order valence-electron chi connectivity index (χ3n) is 4.34. The predicted molar refractivity (Wildman–Crippen MR) is 110 cm³/mol. The minimum Gasteiger partial charge on any atom is -0.483 e. The van der Waals surface area contributed by atoms with E-state index in [0.717, 1.165) is 0 Å². The highest BCUT2D eigenvalue weighted by atomic mass is 16.5. The van der Waals surface area contributed by atoms with Gasteiger partial charge in [0.05, 0.1) is 6.61 Å². The van der Waals surface area contributed by atoms with Gasteiger partial charge in [-0.3, -0.25) is 23.9 Å². The number of aromatic nitrogens is 2. The third kappa shape index (κ3) is 9.91. The molecule has 0 unspecified atom stereocenters. The molecule has 2 amide bonds. The van der Waals surface area contributed by atoms with E-state index >= 15 is 0 Å². The van der Waals surface area contributed by atoms with Crippen LogP contribution in [0.2, 0.25) is 0 Å². The summed E-state index contributed by atoms with van der Waals surface area (Å²) in [4.78, 5) is 43.3. The van der Waals surface area contributed by atoms with Crippen LogP contribution in [0.1, 0.15) is 12.8 Å². The molecule has 0 aromatic carbocycles. The average molecular weight is 445 g/mol. The van der Waals surface area contributed by atoms with Crippen molar-refractivity contribution < 1.29 is 38.9 Å². The number of aryl methyl sites for hydroxylation is 1. The zero-order valence-corrected chi connectivity index (χ0v) is 17.9. The fourth-order valence-corrected chi connectivity index (χ4v) is 2.92. The van der Waals surface area contributed by atoms with E-state index in [9.17, 15) is 9.59 Å². The average Bonchev–Trinajstić information content (AvgIpc) is 3.14. The summed E-state index contributed by atoms with van der Waals surface area (Å²) in [6.45, 7) is 1.41. The van der Waals surface area contributed by atoms with Crippen molar-refractivity contribution in [2.24, 2.45) is 7.05 Å². The van der Waals surface area contributed by atoms with Gasteiger partial charge in [-0.2, -0.15) is 5.10 Å². The van der Waals surface area contributed by atoms with Crippen molar-refractivity contribution in [2.75, 3.05) is 52.4 Å². The summed E-state index contributed by atoms with van der Waals surface area (Å²) >= 11 is 0. The van der Waals surface area contributed by atoms with Gasteiger partial charge in [-0.1, -0.05) is 0 Å². The largest absolute Gasteiger partial charge is 0.483 e. The minimum absolute atomic E-state index is 0.0563. The summed E-state index contributed by atoms with van der Waals surface area (Å²) in [7, 11) is 4.91. The molecule has 176 valence electrons. The van der Waals surface area contributed by atoms with Crippen LogP contribution < -0.4 is 10.6 Å². The standard InChI is InChI=1S/C16H27N5O4.2CH2O2/c1-20-8-4-13(19-20)18-16(15(23)17-7-11-24-2)5-9-21(10-6-16)14(22)12-25-3;2*2-1-3/h4,8H,5-7,9-12H2,1-3H3,(H,17,23)(H,18,19);2*1H,(H,2,3). The van der Waals surface area contributed by atoms with E-state index in [1.807, 2.05) is 19.3 Å². The zero-order valence-electron chi connectivity index (χ0n) is 17.9. The molecule has 0 atom stereocenters. The monoisotopic (exact) mass is 445 g/mol. The number of carboxylic acid groups (broad SMARTS) is 2. The smallest absolute Gasteiger partial charge is 0.290 e. The number of carbonyl (C=O) groups excluding carboxylic acids is 2. The molecule has 0 radical (unpaired) electrons. The van der Waals surface area contributed by atoms with Crippen molar-refractivity contribution >= 4 is 30.6 Å². The number of carbonyl (C=O) groups is 4. The van der Waals surface area contributed by atoms with Gasteiger partial charge in [0.25, 0.3) is 12.9 Å². The zero-order chi connectivity index (χ0) is 23.7. The van der Waals surface area contributed by atoms with E-state index in [-0.39, 0.29) is 31.4 Å². The van der Waals surface area contributed by atoms with Crippen molar-refractivity contribution in [3.05, 3.63) is 12.3 Å². The highest BCUT2D eigenvalue weighted by Crippen LogP contribution is 2.27.